The summed E-state index contributed by atoms with van der Waals surface area (Å²) in [5.41, 5.74) is 0. The first-order valence-electron chi connectivity index (χ1n) is 18.6. The van der Waals surface area contributed by atoms with E-state index in [1.165, 1.54) is 0 Å². The van der Waals surface area contributed by atoms with Crippen LogP contribution in [0.25, 0.3) is 0 Å². The Morgan fingerprint density at radius 3 is 1.44 bits per heavy atom. The molecule has 0 aromatic heterocycles. The average Bonchev–Trinajstić information content (AvgIpc) is 3.06. The molecule has 54 heavy (non-hydrogen) atoms. The number of hydrogen-bond donors (Lipinski definition) is 1. The zero-order valence-electron chi connectivity index (χ0n) is 34.8. The van der Waals surface area contributed by atoms with Crippen LogP contribution < -0.4 is 12.4 Å². The van der Waals surface area contributed by atoms with Crippen LogP contribution in [0.3, 0.4) is 0 Å². The molecule has 0 bridgehead atoms. The SMILES string of the molecule is C.C.CCC(C(=O)OCCN(CC)CC)C(C)C(C)C(=O)OCCCO.CCC(CC(C)C(=O)OCC[N+](C)(C)C)C(=O)OCCN(CC)CC.[Cl-].[Y].[Y]. The van der Waals surface area contributed by atoms with Gasteiger partial charge in [-0.15, -0.1) is 0 Å². The number of carbonyl (C=O) groups is 4. The van der Waals surface area contributed by atoms with Crippen molar-refractivity contribution in [2.24, 2.45) is 29.6 Å². The number of carbonyl (C=O) groups excluding carboxylic acids is 4. The molecule has 0 aromatic carbocycles. The molecule has 0 rings (SSSR count). The minimum absolute atomic E-state index is 0. The van der Waals surface area contributed by atoms with Gasteiger partial charge in [-0.25, -0.2) is 0 Å². The molecule has 5 unspecified atom stereocenters. The number of esters is 4. The van der Waals surface area contributed by atoms with Crippen molar-refractivity contribution < 1.29 is 126 Å². The summed E-state index contributed by atoms with van der Waals surface area (Å²) >= 11 is 0. The third kappa shape index (κ3) is 33.2. The van der Waals surface area contributed by atoms with Crippen LogP contribution in [0, 0.1) is 29.6 Å². The average molecular weight is 950 g/mol. The molecule has 0 aliphatic rings. The Labute approximate surface area is 388 Å². The molecule has 15 heteroatoms. The summed E-state index contributed by atoms with van der Waals surface area (Å²) in [6.07, 6.45) is 2.20. The van der Waals surface area contributed by atoms with Gasteiger partial charge in [-0.1, -0.05) is 77.2 Å². The first-order chi connectivity index (χ1) is 23.1. The second-order valence-electron chi connectivity index (χ2n) is 13.7. The van der Waals surface area contributed by atoms with Gasteiger partial charge in [0.05, 0.1) is 51.4 Å². The fraction of sp³-hybridized carbons (Fsp3) is 0.897. The smallest absolute Gasteiger partial charge is 0.309 e. The van der Waals surface area contributed by atoms with E-state index in [-0.39, 0.29) is 159 Å². The van der Waals surface area contributed by atoms with E-state index in [1.807, 2.05) is 27.7 Å². The summed E-state index contributed by atoms with van der Waals surface area (Å²) in [5, 5.41) is 8.73. The molecule has 0 saturated carbocycles. The number of likely N-dealkylation sites (N-methyl/N-ethyl adjacent to an activating group) is 3. The van der Waals surface area contributed by atoms with E-state index in [9.17, 15) is 19.2 Å². The Bertz CT molecular complexity index is 909. The molecule has 320 valence electrons. The molecular weight excluding hydrogens is 868 g/mol. The maximum absolute atomic E-state index is 12.3. The molecule has 0 saturated heterocycles. The third-order valence-electron chi connectivity index (χ3n) is 9.05. The molecule has 5 atom stereocenters. The van der Waals surface area contributed by atoms with Gasteiger partial charge in [0.15, 0.2) is 0 Å². The largest absolute Gasteiger partial charge is 1.00 e. The fourth-order valence-corrected chi connectivity index (χ4v) is 5.06. The normalized spacial score (nSPS) is 13.2. The number of halogens is 1. The van der Waals surface area contributed by atoms with Gasteiger partial charge in [0, 0.05) is 91.5 Å². The number of hydrogen-bond acceptors (Lipinski definition) is 11. The number of nitrogens with zero attached hydrogens (tertiary/aromatic N) is 3. The van der Waals surface area contributed by atoms with Crippen molar-refractivity contribution in [3.8, 4) is 0 Å². The van der Waals surface area contributed by atoms with Gasteiger partial charge >= 0.3 is 23.9 Å². The Hall–Kier alpha value is 0.218. The van der Waals surface area contributed by atoms with Crippen molar-refractivity contribution in [3.05, 3.63) is 0 Å². The molecule has 0 fully saturated rings. The fourth-order valence-electron chi connectivity index (χ4n) is 5.06. The second-order valence-corrected chi connectivity index (χ2v) is 13.7. The number of aliphatic hydroxyl groups excluding tert-OH is 1. The molecule has 1 N–H and O–H groups in total. The van der Waals surface area contributed by atoms with E-state index in [0.717, 1.165) is 50.3 Å². The zero-order valence-corrected chi connectivity index (χ0v) is 41.2. The van der Waals surface area contributed by atoms with Crippen molar-refractivity contribution in [2.75, 3.05) is 100.0 Å². The van der Waals surface area contributed by atoms with E-state index >= 15 is 0 Å². The summed E-state index contributed by atoms with van der Waals surface area (Å²) in [5.74, 6) is -2.42. The first-order valence-corrected chi connectivity index (χ1v) is 18.6. The molecule has 0 aliphatic carbocycles. The number of rotatable bonds is 26. The number of aliphatic hydroxyl groups is 1. The van der Waals surface area contributed by atoms with Crippen molar-refractivity contribution in [3.63, 3.8) is 0 Å². The molecule has 0 aromatic rings. The van der Waals surface area contributed by atoms with Crippen LogP contribution in [0.2, 0.25) is 0 Å². The minimum Gasteiger partial charge on any atom is -1.00 e. The van der Waals surface area contributed by atoms with E-state index in [0.29, 0.717) is 45.5 Å². The van der Waals surface area contributed by atoms with Gasteiger partial charge in [-0.2, -0.15) is 0 Å². The Morgan fingerprint density at radius 1 is 0.630 bits per heavy atom. The van der Waals surface area contributed by atoms with E-state index in [4.69, 9.17) is 24.1 Å². The van der Waals surface area contributed by atoms with Crippen LogP contribution in [0.5, 0.6) is 0 Å². The van der Waals surface area contributed by atoms with Crippen molar-refractivity contribution in [1.82, 2.24) is 9.80 Å². The molecule has 0 spiro atoms. The maximum Gasteiger partial charge on any atom is 0.309 e. The Balaban J connectivity index is -0.000000150. The van der Waals surface area contributed by atoms with Crippen LogP contribution in [0.15, 0.2) is 0 Å². The summed E-state index contributed by atoms with van der Waals surface area (Å²) in [7, 11) is 6.16. The zero-order chi connectivity index (χ0) is 38.0. The van der Waals surface area contributed by atoms with Crippen molar-refractivity contribution >= 4 is 23.9 Å². The number of quaternary nitrogens is 1. The first kappa shape index (κ1) is 68.9. The second kappa shape index (κ2) is 41.4. The van der Waals surface area contributed by atoms with Crippen molar-refractivity contribution in [2.45, 2.75) is 103 Å². The van der Waals surface area contributed by atoms with Crippen LogP contribution in [-0.2, 0) is 104 Å². The quantitative estimate of drug-likeness (QED) is 0.0595. The third-order valence-corrected chi connectivity index (χ3v) is 9.05. The van der Waals surface area contributed by atoms with E-state index in [2.05, 4.69) is 58.6 Å². The van der Waals surface area contributed by atoms with Crippen LogP contribution >= 0.6 is 0 Å². The summed E-state index contributed by atoms with van der Waals surface area (Å²) < 4.78 is 22.0. The summed E-state index contributed by atoms with van der Waals surface area (Å²) in [6.45, 7) is 25.1. The van der Waals surface area contributed by atoms with Crippen molar-refractivity contribution in [1.29, 1.82) is 0 Å². The molecular formula is C39H82ClN3O9Y2. The molecule has 12 nitrogen and oxygen atoms in total. The predicted octanol–water partition coefficient (Wildman–Crippen LogP) is 2.54. The van der Waals surface area contributed by atoms with Gasteiger partial charge in [-0.05, 0) is 51.4 Å². The summed E-state index contributed by atoms with van der Waals surface area (Å²) in [6, 6.07) is 0. The monoisotopic (exact) mass is 949 g/mol. The van der Waals surface area contributed by atoms with Crippen LogP contribution in [0.1, 0.15) is 103 Å². The Morgan fingerprint density at radius 2 is 1.06 bits per heavy atom. The topological polar surface area (TPSA) is 132 Å². The Kier molecular flexibility index (Phi) is 52.8. The van der Waals surface area contributed by atoms with Crippen LogP contribution in [0.4, 0.5) is 0 Å². The maximum atomic E-state index is 12.3. The minimum atomic E-state index is -0.385. The molecule has 0 aliphatic heterocycles. The van der Waals surface area contributed by atoms with Gasteiger partial charge in [0.25, 0.3) is 0 Å². The molecule has 2 radical (unpaired) electrons. The molecule has 0 amide bonds. The van der Waals surface area contributed by atoms with E-state index in [1.54, 1.807) is 6.92 Å². The van der Waals surface area contributed by atoms with Gasteiger partial charge in [-0.3, -0.25) is 19.2 Å². The molecule has 0 heterocycles. The standard InChI is InChI=1S/C19H39N2O4.C18H35NO5.2CH4.ClH.2Y/c1-8-17(19(23)24-13-11-20(9-2)10-3)15-16(4)18(22)25-14-12-21(5,6)7;1-6-16(18(22)24-13-10-19(7-2)8-3)14(4)15(5)17(21)23-12-9-11-20;;;;;/h16-17H,8-15H2,1-7H3;14-16,20H,6-13H2,1-5H3;2*1H4;1H;;/q+1;;;;;;/p-1. The van der Waals surface area contributed by atoms with Gasteiger partial charge in [0.2, 0.25) is 0 Å². The van der Waals surface area contributed by atoms with E-state index < -0.39 is 0 Å². The predicted molar refractivity (Wildman–Crippen MR) is 207 cm³/mol. The van der Waals surface area contributed by atoms with Gasteiger partial charge in [0.1, 0.15) is 26.4 Å². The van der Waals surface area contributed by atoms with Gasteiger partial charge < -0.3 is 50.7 Å². The van der Waals surface area contributed by atoms with Crippen LogP contribution in [-0.4, -0.2) is 143 Å². The summed E-state index contributed by atoms with van der Waals surface area (Å²) in [4.78, 5) is 53.1. The number of ether oxygens (including phenoxy) is 4.